The average Bonchev–Trinajstić information content (AvgIpc) is 3.54. The Morgan fingerprint density at radius 2 is 1.42 bits per heavy atom. The van der Waals surface area contributed by atoms with Crippen LogP contribution in [0.2, 0.25) is 0 Å². The number of carboxylic acids is 1. The highest BCUT2D eigenvalue weighted by molar-refractivity contribution is 5.87. The van der Waals surface area contributed by atoms with Crippen molar-refractivity contribution in [3.63, 3.8) is 0 Å². The van der Waals surface area contributed by atoms with Crippen LogP contribution in [0.3, 0.4) is 0 Å². The number of amides is 3. The Bertz CT molecular complexity index is 1040. The van der Waals surface area contributed by atoms with Gasteiger partial charge in [0.25, 0.3) is 0 Å². The van der Waals surface area contributed by atoms with E-state index in [-0.39, 0.29) is 38.1 Å². The van der Waals surface area contributed by atoms with E-state index in [9.17, 15) is 19.2 Å². The molecule has 2 aromatic carbocycles. The molecule has 33 heavy (non-hydrogen) atoms. The van der Waals surface area contributed by atoms with Gasteiger partial charge < -0.3 is 25.8 Å². The molecule has 0 bridgehead atoms. The minimum Gasteiger partial charge on any atom is -0.481 e. The molecule has 0 aliphatic heterocycles. The van der Waals surface area contributed by atoms with E-state index in [4.69, 9.17) is 9.84 Å². The summed E-state index contributed by atoms with van der Waals surface area (Å²) in [5, 5.41) is 16.2. The van der Waals surface area contributed by atoms with Crippen molar-refractivity contribution in [3.05, 3.63) is 59.7 Å². The predicted molar refractivity (Wildman–Crippen MR) is 118 cm³/mol. The molecule has 2 aliphatic rings. The van der Waals surface area contributed by atoms with Crippen LogP contribution in [-0.2, 0) is 19.1 Å². The van der Waals surface area contributed by atoms with Crippen molar-refractivity contribution in [2.75, 3.05) is 26.2 Å². The third kappa shape index (κ3) is 5.31. The fraction of sp³-hybridized carbons (Fsp3) is 0.333. The van der Waals surface area contributed by atoms with E-state index in [1.807, 2.05) is 48.5 Å². The SMILES string of the molecule is O=C(CNC(=O)CNC(=O)OCC1c2ccccc2-c2ccccc21)NC[C@@H]1C[C@@H]1C(=O)O. The number of carbonyl (C=O) groups excluding carboxylic acids is 3. The number of benzene rings is 2. The van der Waals surface area contributed by atoms with E-state index >= 15 is 0 Å². The lowest BCUT2D eigenvalue weighted by molar-refractivity contribution is -0.139. The van der Waals surface area contributed by atoms with Crippen molar-refractivity contribution in [2.45, 2.75) is 12.3 Å². The molecule has 0 spiro atoms. The summed E-state index contributed by atoms with van der Waals surface area (Å²) in [7, 11) is 0. The summed E-state index contributed by atoms with van der Waals surface area (Å²) in [6.07, 6.45) is -0.170. The maximum absolute atomic E-state index is 12.1. The molecular weight excluding hydrogens is 426 g/mol. The van der Waals surface area contributed by atoms with Crippen molar-refractivity contribution in [2.24, 2.45) is 11.8 Å². The standard InChI is InChI=1S/C24H25N3O6/c28-21(25-10-14-9-19(14)23(30)31)11-26-22(29)12-27-24(32)33-13-20-17-7-3-1-5-15(17)16-6-2-4-8-18(16)20/h1-8,14,19-20H,9-13H2,(H,25,28)(H,26,29)(H,27,32)(H,30,31)/t14-,19-/m0/s1. The van der Waals surface area contributed by atoms with Gasteiger partial charge in [-0.1, -0.05) is 48.5 Å². The number of ether oxygens (including phenoxy) is 1. The molecule has 0 saturated heterocycles. The van der Waals surface area contributed by atoms with E-state index in [2.05, 4.69) is 16.0 Å². The molecule has 0 heterocycles. The topological polar surface area (TPSA) is 134 Å². The lowest BCUT2D eigenvalue weighted by Crippen LogP contribution is -2.42. The zero-order chi connectivity index (χ0) is 23.4. The van der Waals surface area contributed by atoms with Crippen LogP contribution in [0.25, 0.3) is 11.1 Å². The third-order valence-electron chi connectivity index (χ3n) is 5.98. The first-order chi connectivity index (χ1) is 15.9. The molecule has 9 heteroatoms. The van der Waals surface area contributed by atoms with Crippen molar-refractivity contribution in [3.8, 4) is 11.1 Å². The Balaban J connectivity index is 1.16. The quantitative estimate of drug-likeness (QED) is 0.456. The van der Waals surface area contributed by atoms with E-state index < -0.39 is 29.8 Å². The third-order valence-corrected chi connectivity index (χ3v) is 5.98. The number of nitrogens with one attached hydrogen (secondary N) is 3. The van der Waals surface area contributed by atoms with Gasteiger partial charge in [0, 0.05) is 12.5 Å². The molecule has 1 saturated carbocycles. The summed E-state index contributed by atoms with van der Waals surface area (Å²) in [6.45, 7) is -0.171. The summed E-state index contributed by atoms with van der Waals surface area (Å²) >= 11 is 0. The second kappa shape index (κ2) is 9.72. The Morgan fingerprint density at radius 1 is 0.848 bits per heavy atom. The molecule has 172 valence electrons. The number of hydrogen-bond acceptors (Lipinski definition) is 5. The van der Waals surface area contributed by atoms with Crippen LogP contribution in [0.4, 0.5) is 4.79 Å². The van der Waals surface area contributed by atoms with E-state index in [1.54, 1.807) is 0 Å². The molecule has 0 unspecified atom stereocenters. The minimum absolute atomic E-state index is 0.0580. The first-order valence-electron chi connectivity index (χ1n) is 10.8. The second-order valence-electron chi connectivity index (χ2n) is 8.20. The highest BCUT2D eigenvalue weighted by Crippen LogP contribution is 2.44. The maximum Gasteiger partial charge on any atom is 0.407 e. The molecule has 9 nitrogen and oxygen atoms in total. The number of fused-ring (bicyclic) bond motifs is 3. The lowest BCUT2D eigenvalue weighted by Gasteiger charge is -2.14. The van der Waals surface area contributed by atoms with E-state index in [0.717, 1.165) is 22.3 Å². The normalized spacial score (nSPS) is 17.9. The summed E-state index contributed by atoms with van der Waals surface area (Å²) in [5.41, 5.74) is 4.44. The lowest BCUT2D eigenvalue weighted by atomic mass is 9.98. The fourth-order valence-corrected chi connectivity index (χ4v) is 4.13. The zero-order valence-corrected chi connectivity index (χ0v) is 17.9. The van der Waals surface area contributed by atoms with Gasteiger partial charge in [-0.15, -0.1) is 0 Å². The molecule has 4 N–H and O–H groups in total. The van der Waals surface area contributed by atoms with Gasteiger partial charge >= 0.3 is 12.1 Å². The summed E-state index contributed by atoms with van der Waals surface area (Å²) in [4.78, 5) is 46.5. The van der Waals surface area contributed by atoms with Crippen LogP contribution >= 0.6 is 0 Å². The summed E-state index contributed by atoms with van der Waals surface area (Å²) in [6, 6.07) is 16.0. The average molecular weight is 451 g/mol. The molecule has 0 radical (unpaired) electrons. The minimum atomic E-state index is -0.859. The molecule has 3 amide bonds. The van der Waals surface area contributed by atoms with E-state index in [1.165, 1.54) is 0 Å². The Labute approximate surface area is 190 Å². The number of rotatable bonds is 9. The first kappa shape index (κ1) is 22.3. The van der Waals surface area contributed by atoms with Gasteiger partial charge in [-0.25, -0.2) is 4.79 Å². The van der Waals surface area contributed by atoms with Crippen LogP contribution in [0.5, 0.6) is 0 Å². The molecule has 1 fully saturated rings. The van der Waals surface area contributed by atoms with E-state index in [0.29, 0.717) is 6.42 Å². The number of carbonyl (C=O) groups is 4. The number of carboxylic acid groups (broad SMARTS) is 1. The second-order valence-corrected chi connectivity index (χ2v) is 8.20. The van der Waals surface area contributed by atoms with Crippen molar-refractivity contribution in [1.82, 2.24) is 16.0 Å². The predicted octanol–water partition coefficient (Wildman–Crippen LogP) is 1.48. The van der Waals surface area contributed by atoms with Crippen molar-refractivity contribution >= 4 is 23.9 Å². The number of aliphatic carboxylic acids is 1. The van der Waals surface area contributed by atoms with Gasteiger partial charge in [0.2, 0.25) is 11.8 Å². The molecule has 2 aromatic rings. The molecule has 0 aromatic heterocycles. The molecule has 4 rings (SSSR count). The fourth-order valence-electron chi connectivity index (χ4n) is 4.13. The van der Waals surface area contributed by atoms with Gasteiger partial charge in [0.05, 0.1) is 12.5 Å². The van der Waals surface area contributed by atoms with Crippen LogP contribution < -0.4 is 16.0 Å². The van der Waals surface area contributed by atoms with Gasteiger partial charge in [0.1, 0.15) is 13.2 Å². The van der Waals surface area contributed by atoms with Crippen LogP contribution in [0.15, 0.2) is 48.5 Å². The van der Waals surface area contributed by atoms with Gasteiger partial charge in [-0.2, -0.15) is 0 Å². The smallest absolute Gasteiger partial charge is 0.407 e. The number of hydrogen-bond donors (Lipinski definition) is 4. The van der Waals surface area contributed by atoms with Crippen LogP contribution in [0, 0.1) is 11.8 Å². The van der Waals surface area contributed by atoms with Gasteiger partial charge in [-0.05, 0) is 34.6 Å². The monoisotopic (exact) mass is 451 g/mol. The summed E-state index contributed by atoms with van der Waals surface area (Å²) < 4.78 is 5.36. The van der Waals surface area contributed by atoms with Gasteiger partial charge in [0.15, 0.2) is 0 Å². The zero-order valence-electron chi connectivity index (χ0n) is 17.9. The summed E-state index contributed by atoms with van der Waals surface area (Å²) in [5.74, 6) is -2.34. The molecule has 2 aliphatic carbocycles. The Kier molecular flexibility index (Phi) is 6.58. The van der Waals surface area contributed by atoms with Crippen molar-refractivity contribution in [1.29, 1.82) is 0 Å². The maximum atomic E-state index is 12.1. The van der Waals surface area contributed by atoms with Gasteiger partial charge in [-0.3, -0.25) is 14.4 Å². The Morgan fingerprint density at radius 3 is 2.03 bits per heavy atom. The molecule has 2 atom stereocenters. The van der Waals surface area contributed by atoms with Crippen LogP contribution in [0.1, 0.15) is 23.5 Å². The first-order valence-corrected chi connectivity index (χ1v) is 10.8. The highest BCUT2D eigenvalue weighted by atomic mass is 16.5. The molecular formula is C24H25N3O6. The highest BCUT2D eigenvalue weighted by Gasteiger charge is 2.42. The number of alkyl carbamates (subject to hydrolysis) is 1. The van der Waals surface area contributed by atoms with Crippen LogP contribution in [-0.4, -0.2) is 55.2 Å². The largest absolute Gasteiger partial charge is 0.481 e. The Hall–Kier alpha value is -3.88. The van der Waals surface area contributed by atoms with Crippen molar-refractivity contribution < 1.29 is 29.0 Å².